The molecule has 2 heterocycles. The average Bonchev–Trinajstić information content (AvgIpc) is 2.64. The van der Waals surface area contributed by atoms with E-state index in [1.165, 1.54) is 6.20 Å². The highest BCUT2D eigenvalue weighted by molar-refractivity contribution is 6.21. The quantitative estimate of drug-likeness (QED) is 0.643. The molecule has 1 aliphatic heterocycles. The molecular weight excluding hydrogens is 256 g/mol. The molecule has 0 bridgehead atoms. The first kappa shape index (κ1) is 14.2. The molecule has 5 heteroatoms. The molecule has 0 radical (unpaired) electrons. The van der Waals surface area contributed by atoms with Gasteiger partial charge in [-0.25, -0.2) is 9.88 Å². The molecule has 2 atom stereocenters. The smallest absolute Gasteiger partial charge is 0.238 e. The lowest BCUT2D eigenvalue weighted by Crippen LogP contribution is -2.31. The standard InChI is InChI=1S/C15H16N2O3/c1-10-11(2)15(20)17(14(10)19)13-9-12(6-7-16-13)5-3-4-8-18/h6-7,9-11,18H,4,8H2,1-2H3. The molecule has 0 aliphatic carbocycles. The Kier molecular flexibility index (Phi) is 4.16. The van der Waals surface area contributed by atoms with Crippen molar-refractivity contribution in [2.24, 2.45) is 11.8 Å². The van der Waals surface area contributed by atoms with Crippen LogP contribution in [0.3, 0.4) is 0 Å². The zero-order valence-electron chi connectivity index (χ0n) is 11.5. The SMILES string of the molecule is CC1C(=O)N(c2cc(C#CCCO)ccn2)C(=O)C1C. The van der Waals surface area contributed by atoms with E-state index in [2.05, 4.69) is 16.8 Å². The highest BCUT2D eigenvalue weighted by atomic mass is 16.2. The number of pyridine rings is 1. The van der Waals surface area contributed by atoms with Crippen molar-refractivity contribution in [2.45, 2.75) is 20.3 Å². The van der Waals surface area contributed by atoms with Crippen molar-refractivity contribution in [3.05, 3.63) is 23.9 Å². The van der Waals surface area contributed by atoms with E-state index in [0.717, 1.165) is 4.90 Å². The minimum atomic E-state index is -0.326. The summed E-state index contributed by atoms with van der Waals surface area (Å²) < 4.78 is 0. The molecule has 0 aromatic carbocycles. The summed E-state index contributed by atoms with van der Waals surface area (Å²) in [6.45, 7) is 3.49. The lowest BCUT2D eigenvalue weighted by Gasteiger charge is -2.13. The second-order valence-corrected chi connectivity index (χ2v) is 4.77. The van der Waals surface area contributed by atoms with Crippen LogP contribution < -0.4 is 4.90 Å². The van der Waals surface area contributed by atoms with Crippen LogP contribution in [0.4, 0.5) is 5.82 Å². The van der Waals surface area contributed by atoms with Gasteiger partial charge in [-0.1, -0.05) is 25.7 Å². The van der Waals surface area contributed by atoms with Gasteiger partial charge in [0.15, 0.2) is 0 Å². The summed E-state index contributed by atoms with van der Waals surface area (Å²) in [6.07, 6.45) is 1.90. The Hall–Kier alpha value is -2.19. The topological polar surface area (TPSA) is 70.5 Å². The molecule has 1 saturated heterocycles. The predicted molar refractivity (Wildman–Crippen MR) is 73.6 cm³/mol. The molecule has 1 N–H and O–H groups in total. The van der Waals surface area contributed by atoms with Crippen molar-refractivity contribution in [3.63, 3.8) is 0 Å². The molecule has 5 nitrogen and oxygen atoms in total. The van der Waals surface area contributed by atoms with Crippen LogP contribution in [0.15, 0.2) is 18.3 Å². The van der Waals surface area contributed by atoms with Crippen LogP contribution in [0.5, 0.6) is 0 Å². The van der Waals surface area contributed by atoms with Crippen molar-refractivity contribution in [1.82, 2.24) is 4.98 Å². The summed E-state index contributed by atoms with van der Waals surface area (Å²) in [6, 6.07) is 3.32. The Morgan fingerprint density at radius 2 is 1.95 bits per heavy atom. The Morgan fingerprint density at radius 1 is 1.30 bits per heavy atom. The summed E-state index contributed by atoms with van der Waals surface area (Å²) in [5, 5.41) is 8.69. The third-order valence-corrected chi connectivity index (χ3v) is 3.41. The van der Waals surface area contributed by atoms with Crippen molar-refractivity contribution in [3.8, 4) is 11.8 Å². The molecule has 0 saturated carbocycles. The number of aliphatic hydroxyl groups is 1. The second-order valence-electron chi connectivity index (χ2n) is 4.77. The van der Waals surface area contributed by atoms with Crippen LogP contribution in [0.2, 0.25) is 0 Å². The van der Waals surface area contributed by atoms with E-state index in [1.807, 2.05) is 0 Å². The zero-order valence-corrected chi connectivity index (χ0v) is 11.5. The molecule has 1 aliphatic rings. The molecule has 1 aromatic heterocycles. The summed E-state index contributed by atoms with van der Waals surface area (Å²) in [5.41, 5.74) is 0.663. The maximum absolute atomic E-state index is 12.1. The van der Waals surface area contributed by atoms with Gasteiger partial charge in [0.2, 0.25) is 11.8 Å². The largest absolute Gasteiger partial charge is 0.395 e. The first-order valence-corrected chi connectivity index (χ1v) is 6.50. The number of rotatable bonds is 2. The van der Waals surface area contributed by atoms with Gasteiger partial charge in [0.1, 0.15) is 5.82 Å². The Bertz CT molecular complexity index is 581. The summed E-state index contributed by atoms with van der Waals surface area (Å²) in [7, 11) is 0. The van der Waals surface area contributed by atoms with E-state index in [-0.39, 0.29) is 30.3 Å². The number of aromatic nitrogens is 1. The molecule has 1 aromatic rings. The summed E-state index contributed by atoms with van der Waals surface area (Å²) in [4.78, 5) is 29.4. The highest BCUT2D eigenvalue weighted by Gasteiger charge is 2.43. The van der Waals surface area contributed by atoms with Crippen LogP contribution in [0.1, 0.15) is 25.8 Å². The monoisotopic (exact) mass is 272 g/mol. The van der Waals surface area contributed by atoms with Crippen molar-refractivity contribution < 1.29 is 14.7 Å². The third-order valence-electron chi connectivity index (χ3n) is 3.41. The first-order chi connectivity index (χ1) is 9.56. The molecule has 1 fully saturated rings. The first-order valence-electron chi connectivity index (χ1n) is 6.50. The minimum absolute atomic E-state index is 0.00304. The molecule has 2 unspecified atom stereocenters. The Labute approximate surface area is 117 Å². The van der Waals surface area contributed by atoms with Gasteiger partial charge in [0, 0.05) is 30.0 Å². The average molecular weight is 272 g/mol. The zero-order chi connectivity index (χ0) is 14.7. The Balaban J connectivity index is 2.30. The highest BCUT2D eigenvalue weighted by Crippen LogP contribution is 2.29. The van der Waals surface area contributed by atoms with E-state index < -0.39 is 0 Å². The number of carbonyl (C=O) groups excluding carboxylic acids is 2. The van der Waals surface area contributed by atoms with Crippen LogP contribution in [-0.4, -0.2) is 28.5 Å². The second kappa shape index (κ2) is 5.85. The molecule has 0 spiro atoms. The van der Waals surface area contributed by atoms with Gasteiger partial charge >= 0.3 is 0 Å². The number of hydrogen-bond acceptors (Lipinski definition) is 4. The van der Waals surface area contributed by atoms with Gasteiger partial charge in [0.25, 0.3) is 0 Å². The fourth-order valence-corrected chi connectivity index (χ4v) is 2.01. The lowest BCUT2D eigenvalue weighted by molar-refractivity contribution is -0.122. The van der Waals surface area contributed by atoms with E-state index >= 15 is 0 Å². The van der Waals surface area contributed by atoms with E-state index in [4.69, 9.17) is 5.11 Å². The minimum Gasteiger partial charge on any atom is -0.395 e. The molecule has 20 heavy (non-hydrogen) atoms. The number of carbonyl (C=O) groups is 2. The summed E-state index contributed by atoms with van der Waals surface area (Å²) >= 11 is 0. The maximum Gasteiger partial charge on any atom is 0.238 e. The van der Waals surface area contributed by atoms with E-state index in [9.17, 15) is 9.59 Å². The van der Waals surface area contributed by atoms with Crippen LogP contribution in [0.25, 0.3) is 0 Å². The van der Waals surface area contributed by atoms with Gasteiger partial charge in [0.05, 0.1) is 6.61 Å². The fourth-order valence-electron chi connectivity index (χ4n) is 2.01. The molecule has 2 amide bonds. The maximum atomic E-state index is 12.1. The van der Waals surface area contributed by atoms with E-state index in [1.54, 1.807) is 26.0 Å². The van der Waals surface area contributed by atoms with Crippen LogP contribution >= 0.6 is 0 Å². The van der Waals surface area contributed by atoms with Gasteiger partial charge in [-0.3, -0.25) is 9.59 Å². The molecule has 2 rings (SSSR count). The van der Waals surface area contributed by atoms with Crippen molar-refractivity contribution in [1.29, 1.82) is 0 Å². The normalized spacial score (nSPS) is 21.9. The number of anilines is 1. The van der Waals surface area contributed by atoms with Gasteiger partial charge in [-0.05, 0) is 12.1 Å². The summed E-state index contributed by atoms with van der Waals surface area (Å²) in [5.74, 6) is 4.86. The van der Waals surface area contributed by atoms with Gasteiger partial charge in [-0.2, -0.15) is 0 Å². The van der Waals surface area contributed by atoms with Gasteiger partial charge in [-0.15, -0.1) is 0 Å². The number of imide groups is 1. The Morgan fingerprint density at radius 3 is 2.55 bits per heavy atom. The van der Waals surface area contributed by atoms with E-state index in [0.29, 0.717) is 17.8 Å². The van der Waals surface area contributed by atoms with Crippen molar-refractivity contribution >= 4 is 17.6 Å². The van der Waals surface area contributed by atoms with Gasteiger partial charge < -0.3 is 5.11 Å². The number of aliphatic hydroxyl groups excluding tert-OH is 1. The predicted octanol–water partition coefficient (Wildman–Crippen LogP) is 0.961. The number of amides is 2. The lowest BCUT2D eigenvalue weighted by atomic mass is 10.00. The van der Waals surface area contributed by atoms with Crippen LogP contribution in [0, 0.1) is 23.7 Å². The molecule has 104 valence electrons. The third kappa shape index (κ3) is 2.56. The number of nitrogens with zero attached hydrogens (tertiary/aromatic N) is 2. The number of hydrogen-bond donors (Lipinski definition) is 1. The van der Waals surface area contributed by atoms with Crippen molar-refractivity contribution in [2.75, 3.05) is 11.5 Å². The van der Waals surface area contributed by atoms with Crippen LogP contribution in [-0.2, 0) is 9.59 Å². The molecular formula is C15H16N2O3. The fraction of sp³-hybridized carbons (Fsp3) is 0.400.